The minimum absolute atomic E-state index is 0.0256. The van der Waals surface area contributed by atoms with Crippen molar-refractivity contribution in [3.05, 3.63) is 35.9 Å². The van der Waals surface area contributed by atoms with Gasteiger partial charge < -0.3 is 5.32 Å². The molecule has 28 heavy (non-hydrogen) atoms. The molecule has 1 aromatic carbocycles. The summed E-state index contributed by atoms with van der Waals surface area (Å²) in [6.45, 7) is 8.85. The van der Waals surface area contributed by atoms with Crippen LogP contribution in [0.3, 0.4) is 0 Å². The molecule has 0 spiro atoms. The summed E-state index contributed by atoms with van der Waals surface area (Å²) in [7, 11) is -3.32. The number of carbonyl (C=O) groups is 1. The third kappa shape index (κ3) is 7.89. The quantitative estimate of drug-likeness (QED) is 0.644. The van der Waals surface area contributed by atoms with Gasteiger partial charge in [-0.2, -0.15) is 4.31 Å². The lowest BCUT2D eigenvalue weighted by Gasteiger charge is -2.33. The van der Waals surface area contributed by atoms with Crippen molar-refractivity contribution in [2.75, 3.05) is 32.7 Å². The van der Waals surface area contributed by atoms with Crippen LogP contribution in [0, 0.1) is 5.92 Å². The van der Waals surface area contributed by atoms with E-state index in [1.807, 2.05) is 42.2 Å². The largest absolute Gasteiger partial charge is 0.353 e. The zero-order chi connectivity index (χ0) is 20.6. The van der Waals surface area contributed by atoms with Crippen molar-refractivity contribution in [3.8, 4) is 0 Å². The first kappa shape index (κ1) is 22.8. The van der Waals surface area contributed by atoms with Crippen LogP contribution in [0.4, 0.5) is 0 Å². The molecule has 6 nitrogen and oxygen atoms in total. The number of hydrogen-bond donors (Lipinski definition) is 1. The van der Waals surface area contributed by atoms with Crippen molar-refractivity contribution < 1.29 is 13.2 Å². The van der Waals surface area contributed by atoms with Crippen molar-refractivity contribution >= 4 is 15.9 Å². The molecule has 1 fully saturated rings. The van der Waals surface area contributed by atoms with Gasteiger partial charge in [0.1, 0.15) is 0 Å². The van der Waals surface area contributed by atoms with Gasteiger partial charge >= 0.3 is 0 Å². The summed E-state index contributed by atoms with van der Waals surface area (Å²) in [6.07, 6.45) is 3.30. The number of sulfonamides is 1. The third-order valence-electron chi connectivity index (χ3n) is 5.11. The predicted octanol–water partition coefficient (Wildman–Crippen LogP) is 2.47. The average Bonchev–Trinajstić information content (AvgIpc) is 2.62. The molecule has 1 atom stereocenters. The highest BCUT2D eigenvalue weighted by Crippen LogP contribution is 2.13. The number of nitrogens with zero attached hydrogens (tertiary/aromatic N) is 2. The van der Waals surface area contributed by atoms with E-state index in [-0.39, 0.29) is 17.7 Å². The molecule has 1 saturated heterocycles. The molecule has 1 amide bonds. The molecule has 158 valence electrons. The number of amides is 1. The molecule has 7 heteroatoms. The maximum Gasteiger partial charge on any atom is 0.234 e. The van der Waals surface area contributed by atoms with Crippen molar-refractivity contribution in [1.82, 2.24) is 14.5 Å². The Morgan fingerprint density at radius 1 is 1.04 bits per heavy atom. The molecule has 0 saturated carbocycles. The Morgan fingerprint density at radius 3 is 2.29 bits per heavy atom. The van der Waals surface area contributed by atoms with E-state index < -0.39 is 10.0 Å². The molecule has 0 aliphatic carbocycles. The number of carbonyl (C=O) groups excluding carboxylic acids is 1. The fraction of sp³-hybridized carbons (Fsp3) is 0.667. The van der Waals surface area contributed by atoms with Crippen LogP contribution < -0.4 is 5.32 Å². The fourth-order valence-corrected chi connectivity index (χ4v) is 4.99. The molecule has 1 N–H and O–H groups in total. The van der Waals surface area contributed by atoms with Crippen molar-refractivity contribution in [3.63, 3.8) is 0 Å². The molecule has 0 radical (unpaired) electrons. The lowest BCUT2D eigenvalue weighted by atomic mass is 10.0. The van der Waals surface area contributed by atoms with E-state index in [2.05, 4.69) is 19.2 Å². The number of piperazine rings is 1. The summed E-state index contributed by atoms with van der Waals surface area (Å²) in [5.41, 5.74) is 0.802. The smallest absolute Gasteiger partial charge is 0.234 e. The zero-order valence-electron chi connectivity index (χ0n) is 17.4. The van der Waals surface area contributed by atoms with Crippen molar-refractivity contribution in [1.29, 1.82) is 0 Å². The molecule has 0 aromatic heterocycles. The standard InChI is InChI=1S/C21H35N3O3S/c1-18(2)8-7-9-19(3)22-21(25)16-23-12-14-24(15-13-23)28(26,27)17-20-10-5-4-6-11-20/h4-6,10-11,18-19H,7-9,12-17H2,1-3H3,(H,22,25)/t19-/m0/s1. The number of rotatable bonds is 10. The molecule has 0 unspecified atom stereocenters. The lowest BCUT2D eigenvalue weighted by Crippen LogP contribution is -2.51. The summed E-state index contributed by atoms with van der Waals surface area (Å²) in [6, 6.07) is 9.43. The maximum absolute atomic E-state index is 12.6. The second-order valence-corrected chi connectivity index (χ2v) is 10.2. The maximum atomic E-state index is 12.6. The third-order valence-corrected chi connectivity index (χ3v) is 6.96. The molecule has 1 aromatic rings. The molecular weight excluding hydrogens is 374 g/mol. The van der Waals surface area contributed by atoms with E-state index in [0.29, 0.717) is 38.6 Å². The summed E-state index contributed by atoms with van der Waals surface area (Å²) in [5, 5.41) is 3.06. The molecule has 0 bridgehead atoms. The van der Waals surface area contributed by atoms with Gasteiger partial charge in [-0.05, 0) is 24.8 Å². The Morgan fingerprint density at radius 2 is 1.68 bits per heavy atom. The number of nitrogens with one attached hydrogen (secondary N) is 1. The Bertz CT molecular complexity index is 699. The van der Waals surface area contributed by atoms with E-state index in [9.17, 15) is 13.2 Å². The molecule has 1 aliphatic heterocycles. The van der Waals surface area contributed by atoms with Gasteiger partial charge in [0.2, 0.25) is 15.9 Å². The van der Waals surface area contributed by atoms with Crippen LogP contribution in [0.1, 0.15) is 45.6 Å². The first-order valence-corrected chi connectivity index (χ1v) is 11.9. The van der Waals surface area contributed by atoms with Crippen LogP contribution >= 0.6 is 0 Å². The highest BCUT2D eigenvalue weighted by molar-refractivity contribution is 7.88. The van der Waals surface area contributed by atoms with Gasteiger partial charge in [-0.15, -0.1) is 0 Å². The van der Waals surface area contributed by atoms with Crippen LogP contribution in [-0.4, -0.2) is 62.3 Å². The van der Waals surface area contributed by atoms with Crippen LogP contribution in [0.25, 0.3) is 0 Å². The van der Waals surface area contributed by atoms with E-state index in [4.69, 9.17) is 0 Å². The van der Waals surface area contributed by atoms with Gasteiger partial charge in [-0.25, -0.2) is 8.42 Å². The first-order chi connectivity index (χ1) is 13.3. The van der Waals surface area contributed by atoms with Gasteiger partial charge in [-0.3, -0.25) is 9.69 Å². The first-order valence-electron chi connectivity index (χ1n) is 10.3. The van der Waals surface area contributed by atoms with Crippen LogP contribution in [0.15, 0.2) is 30.3 Å². The Hall–Kier alpha value is -1.44. The minimum Gasteiger partial charge on any atom is -0.353 e. The second kappa shape index (κ2) is 10.9. The lowest BCUT2D eigenvalue weighted by molar-refractivity contribution is -0.123. The fourth-order valence-electron chi connectivity index (χ4n) is 3.47. The highest BCUT2D eigenvalue weighted by atomic mass is 32.2. The van der Waals surface area contributed by atoms with E-state index in [1.165, 1.54) is 6.42 Å². The highest BCUT2D eigenvalue weighted by Gasteiger charge is 2.27. The molecule has 1 heterocycles. The van der Waals surface area contributed by atoms with E-state index in [1.54, 1.807) is 4.31 Å². The van der Waals surface area contributed by atoms with Crippen molar-refractivity contribution in [2.45, 2.75) is 51.8 Å². The molecule has 1 aliphatic rings. The Balaban J connectivity index is 1.72. The minimum atomic E-state index is -3.32. The predicted molar refractivity (Wildman–Crippen MR) is 113 cm³/mol. The summed E-state index contributed by atoms with van der Waals surface area (Å²) < 4.78 is 26.8. The summed E-state index contributed by atoms with van der Waals surface area (Å²) in [5.74, 6) is 0.748. The topological polar surface area (TPSA) is 69.7 Å². The van der Waals surface area contributed by atoms with Crippen molar-refractivity contribution in [2.24, 2.45) is 5.92 Å². The van der Waals surface area contributed by atoms with Gasteiger partial charge in [0.15, 0.2) is 0 Å². The van der Waals surface area contributed by atoms with Gasteiger partial charge in [0, 0.05) is 32.2 Å². The van der Waals surface area contributed by atoms with Crippen LogP contribution in [0.2, 0.25) is 0 Å². The number of benzene rings is 1. The molecular formula is C21H35N3O3S. The second-order valence-electron chi connectivity index (χ2n) is 8.21. The summed E-state index contributed by atoms with van der Waals surface area (Å²) >= 11 is 0. The van der Waals surface area contributed by atoms with Crippen LogP contribution in [-0.2, 0) is 20.6 Å². The number of hydrogen-bond acceptors (Lipinski definition) is 4. The van der Waals surface area contributed by atoms with E-state index >= 15 is 0 Å². The Labute approximate surface area is 170 Å². The van der Waals surface area contributed by atoms with E-state index in [0.717, 1.165) is 18.4 Å². The normalized spacial score (nSPS) is 17.6. The molecule has 2 rings (SSSR count). The van der Waals surface area contributed by atoms with Gasteiger partial charge in [-0.1, -0.05) is 57.0 Å². The monoisotopic (exact) mass is 409 g/mol. The summed E-state index contributed by atoms with van der Waals surface area (Å²) in [4.78, 5) is 14.3. The van der Waals surface area contributed by atoms with Gasteiger partial charge in [0.05, 0.1) is 12.3 Å². The average molecular weight is 410 g/mol. The van der Waals surface area contributed by atoms with Crippen LogP contribution in [0.5, 0.6) is 0 Å². The Kier molecular flexibility index (Phi) is 8.92. The SMILES string of the molecule is CC(C)CCC[C@H](C)NC(=O)CN1CCN(S(=O)(=O)Cc2ccccc2)CC1. The zero-order valence-corrected chi connectivity index (χ0v) is 18.2. The van der Waals surface area contributed by atoms with Gasteiger partial charge in [0.25, 0.3) is 0 Å².